The fraction of sp³-hybridized carbons (Fsp3) is 0.435. The minimum atomic E-state index is -3.92. The molecule has 184 valence electrons. The summed E-state index contributed by atoms with van der Waals surface area (Å²) in [5.41, 5.74) is -0.0971. The smallest absolute Gasteiger partial charge is 0.312 e. The van der Waals surface area contributed by atoms with Gasteiger partial charge in [-0.05, 0) is 38.5 Å². The summed E-state index contributed by atoms with van der Waals surface area (Å²) < 4.78 is 37.6. The average molecular weight is 492 g/mol. The van der Waals surface area contributed by atoms with Gasteiger partial charge in [-0.1, -0.05) is 30.3 Å². The first-order valence-electron chi connectivity index (χ1n) is 10.8. The van der Waals surface area contributed by atoms with E-state index >= 15 is 0 Å². The van der Waals surface area contributed by atoms with Crippen LogP contribution in [0.3, 0.4) is 0 Å². The van der Waals surface area contributed by atoms with Gasteiger partial charge in [-0.3, -0.25) is 14.9 Å². The molecule has 1 fully saturated rings. The van der Waals surface area contributed by atoms with Gasteiger partial charge in [0.05, 0.1) is 23.0 Å². The van der Waals surface area contributed by atoms with Crippen molar-refractivity contribution in [2.24, 2.45) is 0 Å². The predicted molar refractivity (Wildman–Crippen MR) is 125 cm³/mol. The number of benzene rings is 2. The van der Waals surface area contributed by atoms with Gasteiger partial charge in [0, 0.05) is 31.2 Å². The highest BCUT2D eigenvalue weighted by Crippen LogP contribution is 2.31. The summed E-state index contributed by atoms with van der Waals surface area (Å²) in [5.74, 6) is -0.525. The molecular formula is C23H29N3O7S. The number of ether oxygens (including phenoxy) is 2. The molecule has 1 amide bonds. The van der Waals surface area contributed by atoms with Gasteiger partial charge in [-0.2, -0.15) is 4.31 Å². The Morgan fingerprint density at radius 1 is 1.15 bits per heavy atom. The molecule has 0 aromatic heterocycles. The first-order chi connectivity index (χ1) is 16.0. The van der Waals surface area contributed by atoms with Gasteiger partial charge in [0.2, 0.25) is 10.0 Å². The number of sulfonamides is 1. The van der Waals surface area contributed by atoms with E-state index in [9.17, 15) is 23.3 Å². The lowest BCUT2D eigenvalue weighted by molar-refractivity contribution is -0.386. The fourth-order valence-electron chi connectivity index (χ4n) is 3.54. The molecule has 2 aromatic rings. The molecule has 1 heterocycles. The van der Waals surface area contributed by atoms with Crippen LogP contribution in [0.2, 0.25) is 0 Å². The summed E-state index contributed by atoms with van der Waals surface area (Å²) in [6.45, 7) is 6.46. The number of carbonyl (C=O) groups is 1. The SMILES string of the molecule is CC(C)(C)N(Cc1ccccc1)C(=O)COc1ccc(S(=O)(=O)N2CCOCC2)cc1[N+](=O)[O-]. The topological polar surface area (TPSA) is 119 Å². The highest BCUT2D eigenvalue weighted by atomic mass is 32.2. The number of hydrogen-bond acceptors (Lipinski definition) is 7. The van der Waals surface area contributed by atoms with Crippen LogP contribution in [0, 0.1) is 10.1 Å². The number of nitrogens with zero attached hydrogens (tertiary/aromatic N) is 3. The van der Waals surface area contributed by atoms with Gasteiger partial charge in [0.15, 0.2) is 12.4 Å². The lowest BCUT2D eigenvalue weighted by Gasteiger charge is -2.35. The Labute approximate surface area is 199 Å². The third-order valence-electron chi connectivity index (χ3n) is 5.38. The largest absolute Gasteiger partial charge is 0.477 e. The molecule has 34 heavy (non-hydrogen) atoms. The molecule has 3 rings (SSSR count). The summed E-state index contributed by atoms with van der Waals surface area (Å²) in [4.78, 5) is 25.4. The van der Waals surface area contributed by atoms with E-state index in [-0.39, 0.29) is 42.9 Å². The summed E-state index contributed by atoms with van der Waals surface area (Å²) in [6.07, 6.45) is 0. The first-order valence-corrected chi connectivity index (χ1v) is 12.3. The lowest BCUT2D eigenvalue weighted by Crippen LogP contribution is -2.47. The Kier molecular flexibility index (Phi) is 7.90. The van der Waals surface area contributed by atoms with Crippen LogP contribution in [0.25, 0.3) is 0 Å². The summed E-state index contributed by atoms with van der Waals surface area (Å²) in [7, 11) is -3.92. The molecule has 0 aliphatic carbocycles. The maximum absolute atomic E-state index is 13.0. The molecule has 0 radical (unpaired) electrons. The summed E-state index contributed by atoms with van der Waals surface area (Å²) in [5, 5.41) is 11.7. The van der Waals surface area contributed by atoms with Crippen molar-refractivity contribution in [1.82, 2.24) is 9.21 Å². The molecular weight excluding hydrogens is 462 g/mol. The second-order valence-electron chi connectivity index (χ2n) is 8.83. The molecule has 0 N–H and O–H groups in total. The van der Waals surface area contributed by atoms with Gasteiger partial charge in [0.1, 0.15) is 0 Å². The molecule has 11 heteroatoms. The minimum Gasteiger partial charge on any atom is -0.477 e. The van der Waals surface area contributed by atoms with E-state index in [0.717, 1.165) is 11.6 Å². The molecule has 1 saturated heterocycles. The quantitative estimate of drug-likeness (QED) is 0.411. The molecule has 2 aromatic carbocycles. The zero-order valence-corrected chi connectivity index (χ0v) is 20.3. The Hall–Kier alpha value is -3.02. The highest BCUT2D eigenvalue weighted by molar-refractivity contribution is 7.89. The van der Waals surface area contributed by atoms with E-state index in [1.54, 1.807) is 4.90 Å². The van der Waals surface area contributed by atoms with Crippen LogP contribution in [-0.4, -0.2) is 66.9 Å². The normalized spacial score (nSPS) is 15.0. The van der Waals surface area contributed by atoms with E-state index in [2.05, 4.69) is 0 Å². The van der Waals surface area contributed by atoms with E-state index < -0.39 is 32.8 Å². The van der Waals surface area contributed by atoms with E-state index in [4.69, 9.17) is 9.47 Å². The number of hydrogen-bond donors (Lipinski definition) is 0. The predicted octanol–water partition coefficient (Wildman–Crippen LogP) is 2.82. The van der Waals surface area contributed by atoms with Crippen LogP contribution < -0.4 is 4.74 Å². The second-order valence-corrected chi connectivity index (χ2v) is 10.8. The lowest BCUT2D eigenvalue weighted by atomic mass is 10.0. The van der Waals surface area contributed by atoms with Crippen molar-refractivity contribution in [1.29, 1.82) is 0 Å². The van der Waals surface area contributed by atoms with Crippen LogP contribution >= 0.6 is 0 Å². The number of nitro benzene ring substituents is 1. The summed E-state index contributed by atoms with van der Waals surface area (Å²) in [6, 6.07) is 12.9. The molecule has 0 saturated carbocycles. The third kappa shape index (κ3) is 6.10. The molecule has 1 aliphatic heterocycles. The van der Waals surface area contributed by atoms with E-state index in [1.165, 1.54) is 16.4 Å². The Morgan fingerprint density at radius 2 is 1.79 bits per heavy atom. The van der Waals surface area contributed by atoms with Crippen LogP contribution in [0.15, 0.2) is 53.4 Å². The van der Waals surface area contributed by atoms with Crippen molar-refractivity contribution in [3.05, 3.63) is 64.2 Å². The number of rotatable bonds is 8. The monoisotopic (exact) mass is 491 g/mol. The molecule has 0 spiro atoms. The molecule has 10 nitrogen and oxygen atoms in total. The fourth-order valence-corrected chi connectivity index (χ4v) is 4.97. The Balaban J connectivity index is 1.79. The zero-order valence-electron chi connectivity index (χ0n) is 19.5. The van der Waals surface area contributed by atoms with Crippen LogP contribution in [-0.2, 0) is 26.1 Å². The van der Waals surface area contributed by atoms with Gasteiger partial charge in [-0.15, -0.1) is 0 Å². The molecule has 1 aliphatic rings. The number of morpholine rings is 1. The van der Waals surface area contributed by atoms with Crippen LogP contribution in [0.4, 0.5) is 5.69 Å². The molecule has 0 atom stereocenters. The Morgan fingerprint density at radius 3 is 2.38 bits per heavy atom. The van der Waals surface area contributed by atoms with Gasteiger partial charge in [-0.25, -0.2) is 8.42 Å². The van der Waals surface area contributed by atoms with Crippen LogP contribution in [0.1, 0.15) is 26.3 Å². The van der Waals surface area contributed by atoms with Crippen molar-refractivity contribution in [2.75, 3.05) is 32.9 Å². The molecule has 0 bridgehead atoms. The van der Waals surface area contributed by atoms with Gasteiger partial charge in [0.25, 0.3) is 5.91 Å². The third-order valence-corrected chi connectivity index (χ3v) is 7.28. The van der Waals surface area contributed by atoms with E-state index in [1.807, 2.05) is 51.1 Å². The Bertz CT molecular complexity index is 1120. The first kappa shape index (κ1) is 25.6. The van der Waals surface area contributed by atoms with Crippen LogP contribution in [0.5, 0.6) is 5.75 Å². The number of nitro groups is 1. The number of carbonyl (C=O) groups excluding carboxylic acids is 1. The minimum absolute atomic E-state index is 0.173. The standard InChI is InChI=1S/C23H29N3O7S/c1-23(2,3)25(16-18-7-5-4-6-8-18)22(27)17-33-21-10-9-19(15-20(21)26(28)29)34(30,31)24-11-13-32-14-12-24/h4-10,15H,11-14,16-17H2,1-3H3. The number of amides is 1. The van der Waals surface area contributed by atoms with Gasteiger partial charge < -0.3 is 14.4 Å². The van der Waals surface area contributed by atoms with Crippen molar-refractivity contribution in [3.63, 3.8) is 0 Å². The highest BCUT2D eigenvalue weighted by Gasteiger charge is 2.31. The maximum Gasteiger partial charge on any atom is 0.312 e. The van der Waals surface area contributed by atoms with Gasteiger partial charge >= 0.3 is 5.69 Å². The molecule has 0 unspecified atom stereocenters. The van der Waals surface area contributed by atoms with Crippen molar-refractivity contribution < 1.29 is 27.6 Å². The summed E-state index contributed by atoms with van der Waals surface area (Å²) >= 11 is 0. The average Bonchev–Trinajstić information content (AvgIpc) is 2.81. The van der Waals surface area contributed by atoms with E-state index in [0.29, 0.717) is 6.54 Å². The van der Waals surface area contributed by atoms with Crippen molar-refractivity contribution in [2.45, 2.75) is 37.8 Å². The van der Waals surface area contributed by atoms with Crippen molar-refractivity contribution >= 4 is 21.6 Å². The second kappa shape index (κ2) is 10.5. The van der Waals surface area contributed by atoms with Crippen molar-refractivity contribution in [3.8, 4) is 5.75 Å². The zero-order chi connectivity index (χ0) is 24.9. The maximum atomic E-state index is 13.0.